The second-order valence-electron chi connectivity index (χ2n) is 5.57. The molecule has 1 rings (SSSR count). The van der Waals surface area contributed by atoms with Crippen LogP contribution in [-0.2, 0) is 17.7 Å². The van der Waals surface area contributed by atoms with Gasteiger partial charge in [0.1, 0.15) is 6.67 Å². The lowest BCUT2D eigenvalue weighted by Gasteiger charge is -2.24. The lowest BCUT2D eigenvalue weighted by atomic mass is 9.98. The summed E-state index contributed by atoms with van der Waals surface area (Å²) in [6.07, 6.45) is -2.72. The maximum Gasteiger partial charge on any atom is 0.264 e. The highest BCUT2D eigenvalue weighted by Gasteiger charge is 2.24. The molecule has 0 fully saturated rings. The van der Waals surface area contributed by atoms with Gasteiger partial charge in [0.15, 0.2) is 0 Å². The molecule has 6 heteroatoms. The summed E-state index contributed by atoms with van der Waals surface area (Å²) in [6.45, 7) is 6.12. The molecule has 0 aliphatic rings. The summed E-state index contributed by atoms with van der Waals surface area (Å²) >= 11 is 0. The van der Waals surface area contributed by atoms with Gasteiger partial charge in [-0.05, 0) is 38.8 Å². The molecule has 0 bridgehead atoms. The van der Waals surface area contributed by atoms with Crippen LogP contribution in [0.3, 0.4) is 0 Å². The molecule has 1 aromatic carbocycles. The van der Waals surface area contributed by atoms with Gasteiger partial charge in [0.05, 0.1) is 15.7 Å². The number of hydrogen-bond donors (Lipinski definition) is 1. The number of benzene rings is 1. The van der Waals surface area contributed by atoms with Gasteiger partial charge in [-0.1, -0.05) is 18.2 Å². The van der Waals surface area contributed by atoms with Crippen LogP contribution in [0.1, 0.15) is 56.9 Å². The smallest absolute Gasteiger partial charge is 0.246 e. The largest absolute Gasteiger partial charge is 0.264 e. The minimum atomic E-state index is -2.72. The molecule has 0 amide bonds. The zero-order valence-corrected chi connectivity index (χ0v) is 12.9. The lowest BCUT2D eigenvalue weighted by Crippen LogP contribution is -2.35. The molecule has 2 nitrogen and oxygen atoms in total. The number of rotatable bonds is 5. The molecule has 0 aliphatic carbocycles. The maximum atomic E-state index is 13.1. The van der Waals surface area contributed by atoms with Crippen molar-refractivity contribution >= 4 is 11.0 Å². The fraction of sp³-hybridized carbons (Fsp3) is 0.571. The zero-order chi connectivity index (χ0) is 15.5. The number of alkyl halides is 3. The molecule has 20 heavy (non-hydrogen) atoms. The van der Waals surface area contributed by atoms with Gasteiger partial charge in [-0.25, -0.2) is 22.1 Å². The Morgan fingerprint density at radius 2 is 1.80 bits per heavy atom. The molecule has 0 heterocycles. The monoisotopic (exact) mass is 307 g/mol. The van der Waals surface area contributed by atoms with Gasteiger partial charge in [0, 0.05) is 11.6 Å². The molecule has 1 aromatic rings. The van der Waals surface area contributed by atoms with Gasteiger partial charge in [0.25, 0.3) is 6.43 Å². The number of hydrogen-bond acceptors (Lipinski definition) is 1. The van der Waals surface area contributed by atoms with E-state index in [1.54, 1.807) is 33.8 Å². The first-order valence-electron chi connectivity index (χ1n) is 6.32. The van der Waals surface area contributed by atoms with Gasteiger partial charge >= 0.3 is 0 Å². The van der Waals surface area contributed by atoms with Crippen molar-refractivity contribution in [1.82, 2.24) is 4.72 Å². The molecular formula is C14H20F3NOS. The summed E-state index contributed by atoms with van der Waals surface area (Å²) in [5, 5.41) is 0. The van der Waals surface area contributed by atoms with Crippen molar-refractivity contribution in [2.45, 2.75) is 51.6 Å². The highest BCUT2D eigenvalue weighted by molar-refractivity contribution is 7.84. The van der Waals surface area contributed by atoms with Crippen LogP contribution in [0.25, 0.3) is 0 Å². The Hall–Kier alpha value is -0.880. The van der Waals surface area contributed by atoms with Crippen LogP contribution in [-0.4, -0.2) is 8.96 Å². The van der Waals surface area contributed by atoms with Crippen molar-refractivity contribution in [2.75, 3.05) is 0 Å². The topological polar surface area (TPSA) is 29.1 Å². The first kappa shape index (κ1) is 17.2. The Labute approximate surface area is 120 Å². The molecule has 1 N–H and O–H groups in total. The third-order valence-corrected chi connectivity index (χ3v) is 4.60. The Morgan fingerprint density at radius 1 is 1.25 bits per heavy atom. The first-order chi connectivity index (χ1) is 9.18. The average molecular weight is 307 g/mol. The Morgan fingerprint density at radius 3 is 2.25 bits per heavy atom. The van der Waals surface area contributed by atoms with E-state index in [1.165, 1.54) is 12.1 Å². The maximum absolute atomic E-state index is 13.1. The molecular weight excluding hydrogens is 287 g/mol. The lowest BCUT2D eigenvalue weighted by molar-refractivity contribution is 0.149. The molecule has 0 aliphatic heterocycles. The fourth-order valence-electron chi connectivity index (χ4n) is 1.79. The van der Waals surface area contributed by atoms with Crippen LogP contribution in [0.2, 0.25) is 0 Å². The van der Waals surface area contributed by atoms with Crippen LogP contribution in [0.5, 0.6) is 0 Å². The van der Waals surface area contributed by atoms with E-state index in [1.807, 2.05) is 0 Å². The minimum absolute atomic E-state index is 0.0200. The van der Waals surface area contributed by atoms with Crippen LogP contribution in [0, 0.1) is 0 Å². The van der Waals surface area contributed by atoms with E-state index in [0.717, 1.165) is 0 Å². The van der Waals surface area contributed by atoms with Crippen molar-refractivity contribution in [1.29, 1.82) is 0 Å². The zero-order valence-electron chi connectivity index (χ0n) is 12.0. The molecule has 2 atom stereocenters. The van der Waals surface area contributed by atoms with Crippen molar-refractivity contribution < 1.29 is 17.4 Å². The minimum Gasteiger partial charge on any atom is -0.246 e. The summed E-state index contributed by atoms with van der Waals surface area (Å²) < 4.78 is 53.2. The quantitative estimate of drug-likeness (QED) is 0.867. The molecule has 0 saturated carbocycles. The van der Waals surface area contributed by atoms with Gasteiger partial charge in [-0.15, -0.1) is 0 Å². The Balaban J connectivity index is 3.07. The Kier molecular flexibility index (Phi) is 5.77. The van der Waals surface area contributed by atoms with Crippen molar-refractivity contribution in [3.63, 3.8) is 0 Å². The van der Waals surface area contributed by atoms with Gasteiger partial charge in [-0.3, -0.25) is 0 Å². The van der Waals surface area contributed by atoms with E-state index >= 15 is 0 Å². The highest BCUT2D eigenvalue weighted by Crippen LogP contribution is 2.30. The molecule has 2 unspecified atom stereocenters. The highest BCUT2D eigenvalue weighted by atomic mass is 32.2. The standard InChI is InChI=1S/C14H20F3NOS/c1-9(18-20(19)14(2,3)4)10-6-5-7-11(13(16)17)12(10)8-15/h5-7,9,13,18H,8H2,1-4H3. The van der Waals surface area contributed by atoms with E-state index in [0.29, 0.717) is 5.56 Å². The summed E-state index contributed by atoms with van der Waals surface area (Å²) in [7, 11) is -1.36. The molecule has 0 radical (unpaired) electrons. The van der Waals surface area contributed by atoms with Crippen molar-refractivity contribution in [2.24, 2.45) is 0 Å². The van der Waals surface area contributed by atoms with Crippen LogP contribution < -0.4 is 4.72 Å². The van der Waals surface area contributed by atoms with Crippen LogP contribution in [0.15, 0.2) is 18.2 Å². The normalized spacial score (nSPS) is 15.4. The summed E-state index contributed by atoms with van der Waals surface area (Å²) in [5.41, 5.74) is 0.0940. The third kappa shape index (κ3) is 4.06. The predicted octanol–water partition coefficient (Wildman–Crippen LogP) is 4.21. The first-order valence-corrected chi connectivity index (χ1v) is 7.47. The third-order valence-electron chi connectivity index (χ3n) is 2.92. The van der Waals surface area contributed by atoms with Crippen LogP contribution in [0.4, 0.5) is 13.2 Å². The van der Waals surface area contributed by atoms with Crippen molar-refractivity contribution in [3.8, 4) is 0 Å². The van der Waals surface area contributed by atoms with E-state index < -0.39 is 34.9 Å². The van der Waals surface area contributed by atoms with E-state index in [9.17, 15) is 17.4 Å². The average Bonchev–Trinajstić information content (AvgIpc) is 2.36. The predicted molar refractivity (Wildman–Crippen MR) is 75.7 cm³/mol. The second-order valence-corrected chi connectivity index (χ2v) is 7.57. The SMILES string of the molecule is CC(NS(=O)C(C)(C)C)c1cccc(C(F)F)c1CF. The van der Waals surface area contributed by atoms with E-state index in [2.05, 4.69) is 4.72 Å². The second kappa shape index (κ2) is 6.72. The van der Waals surface area contributed by atoms with Crippen molar-refractivity contribution in [3.05, 3.63) is 34.9 Å². The van der Waals surface area contributed by atoms with Crippen LogP contribution >= 0.6 is 0 Å². The summed E-state index contributed by atoms with van der Waals surface area (Å²) in [6, 6.07) is 3.79. The fourth-order valence-corrected chi connectivity index (χ4v) is 2.59. The van der Waals surface area contributed by atoms with E-state index in [-0.39, 0.29) is 11.1 Å². The molecule has 0 spiro atoms. The molecule has 114 valence electrons. The molecule has 0 saturated heterocycles. The molecule has 0 aromatic heterocycles. The van der Waals surface area contributed by atoms with Gasteiger partial charge in [-0.2, -0.15) is 0 Å². The number of nitrogens with one attached hydrogen (secondary N) is 1. The summed E-state index contributed by atoms with van der Waals surface area (Å²) in [5.74, 6) is 0. The summed E-state index contributed by atoms with van der Waals surface area (Å²) in [4.78, 5) is 0. The Bertz CT molecular complexity index is 486. The van der Waals surface area contributed by atoms with E-state index in [4.69, 9.17) is 0 Å². The van der Waals surface area contributed by atoms with Gasteiger partial charge < -0.3 is 0 Å². The van der Waals surface area contributed by atoms with Gasteiger partial charge in [0.2, 0.25) is 0 Å². The number of halogens is 3.